The SMILES string of the molecule is CC(C)C(=O)OCc1ccc(O[C@@H]2OC(C(=O)O)[C@@H](O)C(O)C2O)c(NC(=O)CCNC(=O)CCN2C(=O)C[C@@H](C(C)C)C2=O)c1. The quantitative estimate of drug-likeness (QED) is 0.110. The van der Waals surface area contributed by atoms with Gasteiger partial charge in [0.15, 0.2) is 6.10 Å². The molecular weight excluding hydrogens is 610 g/mol. The summed E-state index contributed by atoms with van der Waals surface area (Å²) in [6, 6.07) is 4.22. The maximum atomic E-state index is 12.8. The Kier molecular flexibility index (Phi) is 12.6. The summed E-state index contributed by atoms with van der Waals surface area (Å²) in [5.41, 5.74) is 0.433. The van der Waals surface area contributed by atoms with Gasteiger partial charge in [-0.2, -0.15) is 0 Å². The van der Waals surface area contributed by atoms with Crippen molar-refractivity contribution < 1.29 is 63.4 Å². The Morgan fingerprint density at radius 3 is 2.30 bits per heavy atom. The van der Waals surface area contributed by atoms with E-state index in [1.54, 1.807) is 13.8 Å². The number of carboxylic acid groups (broad SMARTS) is 1. The number of nitrogens with zero attached hydrogens (tertiary/aromatic N) is 1. The lowest BCUT2D eigenvalue weighted by molar-refractivity contribution is -0.271. The molecule has 2 heterocycles. The van der Waals surface area contributed by atoms with E-state index in [-0.39, 0.29) is 74.0 Å². The zero-order valence-corrected chi connectivity index (χ0v) is 26.0. The summed E-state index contributed by atoms with van der Waals surface area (Å²) in [5, 5.41) is 44.9. The standard InChI is InChI=1S/C30H41N3O13/c1-14(2)17-12-22(36)33(27(17)40)10-8-20(34)31-9-7-21(35)32-18-11-16(13-44-29(43)15(3)4)5-6-19(18)45-30-25(39)23(37)24(38)26(46-30)28(41)42/h5-6,11,14-15,17,23-26,30,37-39H,7-10,12-13H2,1-4H3,(H,31,34)(H,32,35)(H,41,42)/t17-,23?,24-,25?,26?,30+/m0/s1. The fraction of sp³-hybridized carbons (Fsp3) is 0.600. The summed E-state index contributed by atoms with van der Waals surface area (Å²) >= 11 is 0. The number of aliphatic hydroxyl groups is 3. The summed E-state index contributed by atoms with van der Waals surface area (Å²) in [5.74, 6) is -4.70. The van der Waals surface area contributed by atoms with E-state index in [9.17, 15) is 49.2 Å². The fourth-order valence-corrected chi connectivity index (χ4v) is 4.76. The minimum absolute atomic E-state index is 0.00290. The number of hydrogen-bond donors (Lipinski definition) is 6. The number of aliphatic hydroxyl groups excluding tert-OH is 3. The number of carbonyl (C=O) groups excluding carboxylic acids is 5. The largest absolute Gasteiger partial charge is 0.479 e. The van der Waals surface area contributed by atoms with Gasteiger partial charge in [-0.1, -0.05) is 33.8 Å². The molecule has 0 bridgehead atoms. The third-order valence-electron chi connectivity index (χ3n) is 7.55. The number of rotatable bonds is 14. The zero-order valence-electron chi connectivity index (χ0n) is 26.0. The van der Waals surface area contributed by atoms with Gasteiger partial charge in [-0.05, 0) is 23.6 Å². The van der Waals surface area contributed by atoms with Crippen molar-refractivity contribution in [3.63, 3.8) is 0 Å². The van der Waals surface area contributed by atoms with Gasteiger partial charge in [0.1, 0.15) is 30.7 Å². The Bertz CT molecular complexity index is 1320. The minimum atomic E-state index is -1.94. The molecule has 46 heavy (non-hydrogen) atoms. The van der Waals surface area contributed by atoms with Crippen LogP contribution in [-0.4, -0.2) is 105 Å². The smallest absolute Gasteiger partial charge is 0.335 e. The van der Waals surface area contributed by atoms with Gasteiger partial charge in [0.05, 0.1) is 11.6 Å². The molecule has 0 radical (unpaired) electrons. The van der Waals surface area contributed by atoms with Crippen LogP contribution in [0.25, 0.3) is 0 Å². The second-order valence-electron chi connectivity index (χ2n) is 11.8. The molecule has 6 N–H and O–H groups in total. The Hall–Kier alpha value is -4.12. The summed E-state index contributed by atoms with van der Waals surface area (Å²) in [7, 11) is 0. The number of ether oxygens (including phenoxy) is 3. The monoisotopic (exact) mass is 651 g/mol. The van der Waals surface area contributed by atoms with E-state index in [1.807, 2.05) is 13.8 Å². The molecule has 2 fully saturated rings. The van der Waals surface area contributed by atoms with Crippen molar-refractivity contribution in [2.45, 2.75) is 84.3 Å². The molecule has 0 aromatic heterocycles. The number of aliphatic carboxylic acids is 1. The van der Waals surface area contributed by atoms with E-state index in [1.165, 1.54) is 18.2 Å². The van der Waals surface area contributed by atoms with Crippen molar-refractivity contribution in [3.8, 4) is 5.75 Å². The van der Waals surface area contributed by atoms with Gasteiger partial charge in [0, 0.05) is 38.3 Å². The number of imide groups is 1. The number of benzene rings is 1. The van der Waals surface area contributed by atoms with Crippen molar-refractivity contribution >= 4 is 41.3 Å². The summed E-state index contributed by atoms with van der Waals surface area (Å²) in [6.45, 7) is 6.67. The Morgan fingerprint density at radius 2 is 1.70 bits per heavy atom. The van der Waals surface area contributed by atoms with Crippen molar-refractivity contribution in [1.29, 1.82) is 0 Å². The first-order valence-electron chi connectivity index (χ1n) is 14.9. The van der Waals surface area contributed by atoms with Crippen LogP contribution >= 0.6 is 0 Å². The Morgan fingerprint density at radius 1 is 1.00 bits per heavy atom. The van der Waals surface area contributed by atoms with E-state index in [0.29, 0.717) is 5.56 Å². The van der Waals surface area contributed by atoms with Crippen LogP contribution in [0.1, 0.15) is 52.5 Å². The molecule has 0 aliphatic carbocycles. The third-order valence-corrected chi connectivity index (χ3v) is 7.55. The molecule has 3 rings (SSSR count). The van der Waals surface area contributed by atoms with E-state index in [0.717, 1.165) is 4.90 Å². The number of hydrogen-bond acceptors (Lipinski definition) is 12. The van der Waals surface area contributed by atoms with Gasteiger partial charge in [0.25, 0.3) is 0 Å². The molecule has 2 aliphatic heterocycles. The van der Waals surface area contributed by atoms with Crippen LogP contribution in [0.2, 0.25) is 0 Å². The summed E-state index contributed by atoms with van der Waals surface area (Å²) in [6.07, 6.45) is -9.65. The van der Waals surface area contributed by atoms with Crippen LogP contribution in [0.15, 0.2) is 18.2 Å². The van der Waals surface area contributed by atoms with Gasteiger partial charge in [0.2, 0.25) is 29.9 Å². The van der Waals surface area contributed by atoms with Crippen molar-refractivity contribution in [2.24, 2.45) is 17.8 Å². The number of likely N-dealkylation sites (tertiary alicyclic amines) is 1. The molecule has 254 valence electrons. The predicted molar refractivity (Wildman–Crippen MR) is 157 cm³/mol. The highest BCUT2D eigenvalue weighted by Gasteiger charge is 2.48. The number of nitrogens with one attached hydrogen (secondary N) is 2. The van der Waals surface area contributed by atoms with Crippen LogP contribution in [0.3, 0.4) is 0 Å². The lowest BCUT2D eigenvalue weighted by Gasteiger charge is -2.38. The number of carbonyl (C=O) groups is 6. The van der Waals surface area contributed by atoms with E-state index < -0.39 is 60.4 Å². The molecule has 0 saturated carbocycles. The maximum absolute atomic E-state index is 12.8. The molecule has 4 amide bonds. The van der Waals surface area contributed by atoms with Crippen molar-refractivity contribution in [2.75, 3.05) is 18.4 Å². The van der Waals surface area contributed by atoms with Gasteiger partial charge in [-0.3, -0.25) is 28.9 Å². The van der Waals surface area contributed by atoms with Crippen LogP contribution < -0.4 is 15.4 Å². The van der Waals surface area contributed by atoms with Crippen LogP contribution in [0.4, 0.5) is 5.69 Å². The number of amides is 4. The maximum Gasteiger partial charge on any atom is 0.335 e. The molecule has 2 saturated heterocycles. The molecule has 1 aromatic carbocycles. The normalized spacial score (nSPS) is 24.7. The van der Waals surface area contributed by atoms with E-state index >= 15 is 0 Å². The second kappa shape index (κ2) is 15.9. The first kappa shape index (κ1) is 36.3. The molecular formula is C30H41N3O13. The average molecular weight is 652 g/mol. The summed E-state index contributed by atoms with van der Waals surface area (Å²) in [4.78, 5) is 74.3. The second-order valence-corrected chi connectivity index (χ2v) is 11.8. The third kappa shape index (κ3) is 9.22. The fourth-order valence-electron chi connectivity index (χ4n) is 4.76. The topological polar surface area (TPSA) is 238 Å². The van der Waals surface area contributed by atoms with E-state index in [4.69, 9.17) is 14.2 Å². The lowest BCUT2D eigenvalue weighted by atomic mass is 9.94. The van der Waals surface area contributed by atoms with Crippen molar-refractivity contribution in [1.82, 2.24) is 10.2 Å². The highest BCUT2D eigenvalue weighted by Crippen LogP contribution is 2.31. The summed E-state index contributed by atoms with van der Waals surface area (Å²) < 4.78 is 16.0. The number of esters is 1. The van der Waals surface area contributed by atoms with Crippen LogP contribution in [-0.2, 0) is 44.8 Å². The Balaban J connectivity index is 1.63. The lowest BCUT2D eigenvalue weighted by Crippen LogP contribution is -2.61. The van der Waals surface area contributed by atoms with Gasteiger partial charge in [-0.25, -0.2) is 4.79 Å². The van der Waals surface area contributed by atoms with Gasteiger partial charge < -0.3 is 45.3 Å². The van der Waals surface area contributed by atoms with Crippen LogP contribution in [0.5, 0.6) is 5.75 Å². The Labute approximate surface area is 265 Å². The van der Waals surface area contributed by atoms with Gasteiger partial charge >= 0.3 is 11.9 Å². The zero-order chi connectivity index (χ0) is 34.3. The predicted octanol–water partition coefficient (Wildman–Crippen LogP) is -0.477. The molecule has 3 unspecified atom stereocenters. The molecule has 16 nitrogen and oxygen atoms in total. The highest BCUT2D eigenvalue weighted by molar-refractivity contribution is 6.04. The van der Waals surface area contributed by atoms with Gasteiger partial charge in [-0.15, -0.1) is 0 Å². The van der Waals surface area contributed by atoms with Crippen molar-refractivity contribution in [3.05, 3.63) is 23.8 Å². The number of carboxylic acids is 1. The highest BCUT2D eigenvalue weighted by atomic mass is 16.7. The first-order valence-corrected chi connectivity index (χ1v) is 14.9. The molecule has 0 spiro atoms. The number of anilines is 1. The average Bonchev–Trinajstić information content (AvgIpc) is 3.28. The molecule has 1 aromatic rings. The molecule has 16 heteroatoms. The van der Waals surface area contributed by atoms with E-state index in [2.05, 4.69) is 10.6 Å². The first-order chi connectivity index (χ1) is 21.6. The van der Waals surface area contributed by atoms with Crippen LogP contribution in [0, 0.1) is 17.8 Å². The molecule has 6 atom stereocenters. The minimum Gasteiger partial charge on any atom is -0.479 e. The molecule has 2 aliphatic rings.